The topological polar surface area (TPSA) is 79.2 Å². The molecule has 0 aromatic heterocycles. The van der Waals surface area contributed by atoms with Gasteiger partial charge in [0.05, 0.1) is 6.61 Å². The summed E-state index contributed by atoms with van der Waals surface area (Å²) in [6.45, 7) is 1.61. The van der Waals surface area contributed by atoms with Crippen molar-refractivity contribution in [3.63, 3.8) is 0 Å². The molecular formula is C13H10F2N2O3. The van der Waals surface area contributed by atoms with Crippen molar-refractivity contribution >= 4 is 18.1 Å². The molecule has 0 aliphatic rings. The van der Waals surface area contributed by atoms with Crippen LogP contribution in [0.2, 0.25) is 0 Å². The van der Waals surface area contributed by atoms with Crippen molar-refractivity contribution in [1.29, 1.82) is 5.26 Å². The van der Waals surface area contributed by atoms with Gasteiger partial charge in [-0.15, -0.1) is 0 Å². The average Bonchev–Trinajstić information content (AvgIpc) is 2.40. The zero-order valence-corrected chi connectivity index (χ0v) is 10.4. The smallest absolute Gasteiger partial charge is 0.414 e. The van der Waals surface area contributed by atoms with Gasteiger partial charge < -0.3 is 4.74 Å². The Hall–Kier alpha value is -2.75. The molecule has 0 unspecified atom stereocenters. The number of nitrogens with one attached hydrogen (secondary N) is 1. The molecule has 0 radical (unpaired) electrons. The van der Waals surface area contributed by atoms with Crippen molar-refractivity contribution in [2.75, 3.05) is 6.61 Å². The number of rotatable bonds is 3. The zero-order valence-electron chi connectivity index (χ0n) is 10.4. The number of amides is 2. The fourth-order valence-corrected chi connectivity index (χ4v) is 1.24. The predicted octanol–water partition coefficient (Wildman–Crippen LogP) is 2.14. The highest BCUT2D eigenvalue weighted by molar-refractivity contribution is 6.07. The Bertz CT molecular complexity index is 606. The number of halogens is 2. The van der Waals surface area contributed by atoms with Crippen LogP contribution >= 0.6 is 0 Å². The van der Waals surface area contributed by atoms with Gasteiger partial charge in [0.15, 0.2) is 11.6 Å². The lowest BCUT2D eigenvalue weighted by molar-refractivity contribution is -0.116. The molecule has 1 N–H and O–H groups in total. The first-order chi connectivity index (χ1) is 9.47. The molecule has 0 fully saturated rings. The van der Waals surface area contributed by atoms with Gasteiger partial charge in [0.1, 0.15) is 11.6 Å². The van der Waals surface area contributed by atoms with Crippen LogP contribution in [0.25, 0.3) is 6.08 Å². The van der Waals surface area contributed by atoms with E-state index in [-0.39, 0.29) is 12.2 Å². The third-order valence-corrected chi connectivity index (χ3v) is 2.11. The number of nitriles is 1. The van der Waals surface area contributed by atoms with Crippen LogP contribution in [0.15, 0.2) is 23.8 Å². The largest absolute Gasteiger partial charge is 0.450 e. The Kier molecular flexibility index (Phi) is 5.35. The van der Waals surface area contributed by atoms with Crippen LogP contribution in [0.4, 0.5) is 13.6 Å². The standard InChI is InChI=1S/C13H10F2N2O3/c1-2-20-13(19)17-12(18)9(7-16)5-8-3-4-10(14)11(15)6-8/h3-6H,2H2,1H3,(H,17,18,19)/b9-5-. The van der Waals surface area contributed by atoms with Crippen LogP contribution in [0.5, 0.6) is 0 Å². The zero-order chi connectivity index (χ0) is 15.1. The molecule has 0 atom stereocenters. The highest BCUT2D eigenvalue weighted by atomic mass is 19.2. The van der Waals surface area contributed by atoms with E-state index in [1.165, 1.54) is 6.07 Å². The fourth-order valence-electron chi connectivity index (χ4n) is 1.24. The monoisotopic (exact) mass is 280 g/mol. The van der Waals surface area contributed by atoms with Gasteiger partial charge in [0.2, 0.25) is 0 Å². The molecule has 1 aromatic rings. The quantitative estimate of drug-likeness (QED) is 0.679. The van der Waals surface area contributed by atoms with E-state index in [1.54, 1.807) is 13.0 Å². The second-order valence-electron chi connectivity index (χ2n) is 3.52. The molecule has 0 heterocycles. The van der Waals surface area contributed by atoms with Gasteiger partial charge in [-0.3, -0.25) is 10.1 Å². The van der Waals surface area contributed by atoms with Crippen molar-refractivity contribution in [3.05, 3.63) is 41.0 Å². The summed E-state index contributed by atoms with van der Waals surface area (Å²) in [6.07, 6.45) is 0.0285. The number of imide groups is 1. The first kappa shape index (κ1) is 15.3. The Labute approximate surface area is 113 Å². The minimum atomic E-state index is -1.11. The molecule has 0 bridgehead atoms. The van der Waals surface area contributed by atoms with E-state index in [0.29, 0.717) is 0 Å². The van der Waals surface area contributed by atoms with E-state index in [2.05, 4.69) is 4.74 Å². The van der Waals surface area contributed by atoms with Gasteiger partial charge in [-0.1, -0.05) is 6.07 Å². The molecule has 0 spiro atoms. The molecule has 5 nitrogen and oxygen atoms in total. The summed E-state index contributed by atoms with van der Waals surface area (Å²) in [5.41, 5.74) is -0.330. The Morgan fingerprint density at radius 1 is 1.40 bits per heavy atom. The van der Waals surface area contributed by atoms with Crippen LogP contribution in [0.3, 0.4) is 0 Å². The average molecular weight is 280 g/mol. The number of carbonyl (C=O) groups is 2. The summed E-state index contributed by atoms with van der Waals surface area (Å²) in [5, 5.41) is 10.6. The summed E-state index contributed by atoms with van der Waals surface area (Å²) in [5.74, 6) is -3.14. The number of hydrogen-bond donors (Lipinski definition) is 1. The highest BCUT2D eigenvalue weighted by Gasteiger charge is 2.13. The summed E-state index contributed by atoms with van der Waals surface area (Å²) in [4.78, 5) is 22.6. The van der Waals surface area contributed by atoms with Crippen LogP contribution in [0.1, 0.15) is 12.5 Å². The predicted molar refractivity (Wildman–Crippen MR) is 65.1 cm³/mol. The van der Waals surface area contributed by atoms with Crippen LogP contribution in [0, 0.1) is 23.0 Å². The van der Waals surface area contributed by atoms with Gasteiger partial charge in [-0.05, 0) is 30.7 Å². The summed E-state index contributed by atoms with van der Waals surface area (Å²) < 4.78 is 30.2. The van der Waals surface area contributed by atoms with Crippen molar-refractivity contribution in [2.24, 2.45) is 0 Å². The third kappa shape index (κ3) is 4.17. The number of carbonyl (C=O) groups excluding carboxylic acids is 2. The normalized spacial score (nSPS) is 10.6. The van der Waals surface area contributed by atoms with Gasteiger partial charge in [-0.2, -0.15) is 5.26 Å². The molecule has 20 heavy (non-hydrogen) atoms. The first-order valence-corrected chi connectivity index (χ1v) is 5.53. The molecule has 104 valence electrons. The summed E-state index contributed by atoms with van der Waals surface area (Å²) >= 11 is 0. The first-order valence-electron chi connectivity index (χ1n) is 5.53. The van der Waals surface area contributed by atoms with Crippen molar-refractivity contribution in [2.45, 2.75) is 6.92 Å². The maximum Gasteiger partial charge on any atom is 0.414 e. The molecular weight excluding hydrogens is 270 g/mol. The second kappa shape index (κ2) is 6.99. The SMILES string of the molecule is CCOC(=O)NC(=O)/C(C#N)=C\c1ccc(F)c(F)c1. The molecule has 7 heteroatoms. The third-order valence-electron chi connectivity index (χ3n) is 2.11. The number of benzene rings is 1. The maximum atomic E-state index is 13.0. The summed E-state index contributed by atoms with van der Waals surface area (Å²) in [6, 6.07) is 4.43. The number of nitrogens with zero attached hydrogens (tertiary/aromatic N) is 1. The van der Waals surface area contributed by atoms with E-state index in [4.69, 9.17) is 5.26 Å². The van der Waals surface area contributed by atoms with Crippen molar-refractivity contribution in [1.82, 2.24) is 5.32 Å². The van der Waals surface area contributed by atoms with Crippen LogP contribution < -0.4 is 5.32 Å². The molecule has 1 aromatic carbocycles. The van der Waals surface area contributed by atoms with Gasteiger partial charge in [0.25, 0.3) is 5.91 Å². The molecule has 0 aliphatic heterocycles. The molecule has 0 aliphatic carbocycles. The molecule has 0 saturated carbocycles. The van der Waals surface area contributed by atoms with Gasteiger partial charge >= 0.3 is 6.09 Å². The van der Waals surface area contributed by atoms with Crippen LogP contribution in [-0.2, 0) is 9.53 Å². The molecule has 1 rings (SSSR count). The lowest BCUT2D eigenvalue weighted by Crippen LogP contribution is -2.31. The van der Waals surface area contributed by atoms with Gasteiger partial charge in [-0.25, -0.2) is 13.6 Å². The number of alkyl carbamates (subject to hydrolysis) is 1. The maximum absolute atomic E-state index is 13.0. The lowest BCUT2D eigenvalue weighted by Gasteiger charge is -2.03. The van der Waals surface area contributed by atoms with Crippen molar-refractivity contribution in [3.8, 4) is 6.07 Å². The van der Waals surface area contributed by atoms with E-state index < -0.39 is 29.2 Å². The van der Waals surface area contributed by atoms with E-state index >= 15 is 0 Å². The molecule has 0 saturated heterocycles. The molecule has 2 amide bonds. The summed E-state index contributed by atoms with van der Waals surface area (Å²) in [7, 11) is 0. The van der Waals surface area contributed by atoms with Crippen LogP contribution in [-0.4, -0.2) is 18.6 Å². The Morgan fingerprint density at radius 3 is 2.65 bits per heavy atom. The highest BCUT2D eigenvalue weighted by Crippen LogP contribution is 2.12. The van der Waals surface area contributed by atoms with E-state index in [9.17, 15) is 18.4 Å². The minimum Gasteiger partial charge on any atom is -0.450 e. The minimum absolute atomic E-state index is 0.0634. The van der Waals surface area contributed by atoms with Crippen molar-refractivity contribution < 1.29 is 23.1 Å². The van der Waals surface area contributed by atoms with E-state index in [0.717, 1.165) is 18.2 Å². The fraction of sp³-hybridized carbons (Fsp3) is 0.154. The van der Waals surface area contributed by atoms with E-state index in [1.807, 2.05) is 5.32 Å². The number of hydrogen-bond acceptors (Lipinski definition) is 4. The Balaban J connectivity index is 2.92. The lowest BCUT2D eigenvalue weighted by atomic mass is 10.1. The Morgan fingerprint density at radius 2 is 2.10 bits per heavy atom. The van der Waals surface area contributed by atoms with Gasteiger partial charge in [0, 0.05) is 0 Å². The number of ether oxygens (including phenoxy) is 1. The second-order valence-corrected chi connectivity index (χ2v) is 3.52.